The third-order valence-corrected chi connectivity index (χ3v) is 6.38. The van der Waals surface area contributed by atoms with Crippen LogP contribution < -0.4 is 0 Å². The van der Waals surface area contributed by atoms with Crippen LogP contribution in [0.5, 0.6) is 0 Å². The predicted octanol–water partition coefficient (Wildman–Crippen LogP) is 8.79. The van der Waals surface area contributed by atoms with Crippen molar-refractivity contribution in [2.24, 2.45) is 0 Å². The standard InChI is InChI=1S/C31H22/c1-21-19-20-28-26-16-9-8-15-25(26)27-18-10-17-24(22-11-4-2-5-12-22)30(27)31(28)29(21)23-13-6-3-7-14-23/h2-20H,1H3. The number of hydrogen-bond donors (Lipinski definition) is 0. The van der Waals surface area contributed by atoms with Gasteiger partial charge in [-0.25, -0.2) is 0 Å². The average Bonchev–Trinajstić information content (AvgIpc) is 2.84. The van der Waals surface area contributed by atoms with Crippen LogP contribution in [0.15, 0.2) is 115 Å². The molecule has 0 unspecified atom stereocenters. The van der Waals surface area contributed by atoms with Gasteiger partial charge in [-0.3, -0.25) is 0 Å². The first-order chi connectivity index (χ1) is 15.3. The number of rotatable bonds is 2. The fraction of sp³-hybridized carbons (Fsp3) is 0.0323. The molecule has 0 aliphatic rings. The Kier molecular flexibility index (Phi) is 4.11. The molecule has 0 aliphatic carbocycles. The van der Waals surface area contributed by atoms with Crippen LogP contribution in [0.1, 0.15) is 5.56 Å². The molecule has 146 valence electrons. The van der Waals surface area contributed by atoms with Crippen molar-refractivity contribution in [1.82, 2.24) is 0 Å². The minimum absolute atomic E-state index is 1.25. The summed E-state index contributed by atoms with van der Waals surface area (Å²) in [5.74, 6) is 0. The third kappa shape index (κ3) is 2.76. The summed E-state index contributed by atoms with van der Waals surface area (Å²) in [5, 5.41) is 7.94. The van der Waals surface area contributed by atoms with Crippen LogP contribution in [-0.4, -0.2) is 0 Å². The molecule has 0 N–H and O–H groups in total. The molecule has 0 spiro atoms. The maximum Gasteiger partial charge on any atom is -0.00114 e. The highest BCUT2D eigenvalue weighted by atomic mass is 14.2. The Balaban J connectivity index is 1.93. The van der Waals surface area contributed by atoms with E-state index in [0.29, 0.717) is 0 Å². The maximum atomic E-state index is 2.31. The summed E-state index contributed by atoms with van der Waals surface area (Å²) < 4.78 is 0. The molecule has 6 rings (SSSR count). The summed E-state index contributed by atoms with van der Waals surface area (Å²) in [6, 6.07) is 41.7. The van der Waals surface area contributed by atoms with Crippen molar-refractivity contribution in [2.75, 3.05) is 0 Å². The van der Waals surface area contributed by atoms with Gasteiger partial charge in [0.1, 0.15) is 0 Å². The van der Waals surface area contributed by atoms with Gasteiger partial charge in [-0.1, -0.05) is 115 Å². The van der Waals surface area contributed by atoms with Gasteiger partial charge in [0.15, 0.2) is 0 Å². The quantitative estimate of drug-likeness (QED) is 0.257. The largest absolute Gasteiger partial charge is 0.0622 e. The first-order valence-electron chi connectivity index (χ1n) is 10.8. The fourth-order valence-electron chi connectivity index (χ4n) is 5.03. The molecular weight excluding hydrogens is 372 g/mol. The highest BCUT2D eigenvalue weighted by molar-refractivity contribution is 6.31. The van der Waals surface area contributed by atoms with Crippen molar-refractivity contribution in [1.29, 1.82) is 0 Å². The van der Waals surface area contributed by atoms with Gasteiger partial charge in [0.2, 0.25) is 0 Å². The molecule has 0 atom stereocenters. The molecule has 0 radical (unpaired) electrons. The molecule has 0 aromatic heterocycles. The zero-order valence-electron chi connectivity index (χ0n) is 17.5. The average molecular weight is 395 g/mol. The van der Waals surface area contributed by atoms with Gasteiger partial charge in [0.25, 0.3) is 0 Å². The van der Waals surface area contributed by atoms with E-state index in [-0.39, 0.29) is 0 Å². The van der Waals surface area contributed by atoms with E-state index in [1.165, 1.54) is 60.1 Å². The SMILES string of the molecule is Cc1ccc2c3ccccc3c3cccc(-c4ccccc4)c3c2c1-c1ccccc1. The first-order valence-corrected chi connectivity index (χ1v) is 10.8. The number of hydrogen-bond acceptors (Lipinski definition) is 0. The van der Waals surface area contributed by atoms with Crippen molar-refractivity contribution in [2.45, 2.75) is 6.92 Å². The van der Waals surface area contributed by atoms with E-state index in [1.807, 2.05) is 0 Å². The third-order valence-electron chi connectivity index (χ3n) is 6.38. The molecule has 0 saturated carbocycles. The van der Waals surface area contributed by atoms with Gasteiger partial charge in [0, 0.05) is 0 Å². The minimum Gasteiger partial charge on any atom is -0.0622 e. The van der Waals surface area contributed by atoms with Gasteiger partial charge in [-0.2, -0.15) is 0 Å². The second kappa shape index (κ2) is 7.11. The zero-order valence-corrected chi connectivity index (χ0v) is 17.5. The van der Waals surface area contributed by atoms with Crippen molar-refractivity contribution in [3.8, 4) is 22.3 Å². The summed E-state index contributed by atoms with van der Waals surface area (Å²) >= 11 is 0. The van der Waals surface area contributed by atoms with Crippen molar-refractivity contribution in [3.63, 3.8) is 0 Å². The fourth-order valence-corrected chi connectivity index (χ4v) is 5.03. The van der Waals surface area contributed by atoms with E-state index in [4.69, 9.17) is 0 Å². The van der Waals surface area contributed by atoms with Crippen molar-refractivity contribution < 1.29 is 0 Å². The Morgan fingerprint density at radius 3 is 1.61 bits per heavy atom. The van der Waals surface area contributed by atoms with E-state index >= 15 is 0 Å². The number of aryl methyl sites for hydroxylation is 1. The van der Waals surface area contributed by atoms with Crippen molar-refractivity contribution >= 4 is 32.3 Å². The van der Waals surface area contributed by atoms with Crippen LogP contribution in [0.25, 0.3) is 54.6 Å². The summed E-state index contributed by atoms with van der Waals surface area (Å²) in [5.41, 5.74) is 6.45. The molecule has 6 aromatic carbocycles. The van der Waals surface area contributed by atoms with Crippen LogP contribution in [0.2, 0.25) is 0 Å². The monoisotopic (exact) mass is 394 g/mol. The summed E-state index contributed by atoms with van der Waals surface area (Å²) in [6.07, 6.45) is 0. The van der Waals surface area contributed by atoms with Crippen molar-refractivity contribution in [3.05, 3.63) is 121 Å². The second-order valence-electron chi connectivity index (χ2n) is 8.19. The molecule has 0 fully saturated rings. The molecule has 0 heterocycles. The lowest BCUT2D eigenvalue weighted by atomic mass is 9.84. The molecule has 0 saturated heterocycles. The topological polar surface area (TPSA) is 0 Å². The maximum absolute atomic E-state index is 2.31. The molecule has 0 amide bonds. The van der Waals surface area contributed by atoms with E-state index in [9.17, 15) is 0 Å². The van der Waals surface area contributed by atoms with Crippen LogP contribution >= 0.6 is 0 Å². The van der Waals surface area contributed by atoms with Crippen LogP contribution in [0.4, 0.5) is 0 Å². The van der Waals surface area contributed by atoms with Gasteiger partial charge in [0.05, 0.1) is 0 Å². The smallest absolute Gasteiger partial charge is 0.00114 e. The molecule has 0 bridgehead atoms. The highest BCUT2D eigenvalue weighted by Gasteiger charge is 2.17. The first kappa shape index (κ1) is 17.9. The van der Waals surface area contributed by atoms with E-state index < -0.39 is 0 Å². The number of fused-ring (bicyclic) bond motifs is 6. The highest BCUT2D eigenvalue weighted by Crippen LogP contribution is 2.44. The summed E-state index contributed by atoms with van der Waals surface area (Å²) in [7, 11) is 0. The van der Waals surface area contributed by atoms with Gasteiger partial charge < -0.3 is 0 Å². The Morgan fingerprint density at radius 1 is 0.387 bits per heavy atom. The number of benzene rings is 6. The molecule has 0 aliphatic heterocycles. The van der Waals surface area contributed by atoms with E-state index in [1.54, 1.807) is 0 Å². The molecule has 31 heavy (non-hydrogen) atoms. The van der Waals surface area contributed by atoms with Crippen LogP contribution in [0.3, 0.4) is 0 Å². The lowest BCUT2D eigenvalue weighted by molar-refractivity contribution is 1.49. The minimum atomic E-state index is 1.25. The van der Waals surface area contributed by atoms with Gasteiger partial charge in [-0.05, 0) is 67.1 Å². The zero-order chi connectivity index (χ0) is 20.8. The predicted molar refractivity (Wildman–Crippen MR) is 135 cm³/mol. The summed E-state index contributed by atoms with van der Waals surface area (Å²) in [4.78, 5) is 0. The molecule has 0 nitrogen and oxygen atoms in total. The van der Waals surface area contributed by atoms with Gasteiger partial charge >= 0.3 is 0 Å². The van der Waals surface area contributed by atoms with Crippen LogP contribution in [-0.2, 0) is 0 Å². The Labute approximate surface area is 182 Å². The lowest BCUT2D eigenvalue weighted by Gasteiger charge is -2.19. The Morgan fingerprint density at radius 2 is 0.935 bits per heavy atom. The summed E-state index contributed by atoms with van der Waals surface area (Å²) in [6.45, 7) is 2.23. The van der Waals surface area contributed by atoms with E-state index in [2.05, 4.69) is 122 Å². The van der Waals surface area contributed by atoms with Gasteiger partial charge in [-0.15, -0.1) is 0 Å². The van der Waals surface area contributed by atoms with E-state index in [0.717, 1.165) is 0 Å². The normalized spacial score (nSPS) is 11.4. The lowest BCUT2D eigenvalue weighted by Crippen LogP contribution is -1.92. The Hall–Kier alpha value is -3.90. The molecule has 6 aromatic rings. The van der Waals surface area contributed by atoms with Crippen LogP contribution in [0, 0.1) is 6.92 Å². The molecular formula is C31H22. The molecule has 0 heteroatoms. The second-order valence-corrected chi connectivity index (χ2v) is 8.19. The Bertz CT molecular complexity index is 1560.